The van der Waals surface area contributed by atoms with Crippen molar-refractivity contribution < 1.29 is 18.8 Å². The quantitative estimate of drug-likeness (QED) is 0.809. The Morgan fingerprint density at radius 2 is 2.00 bits per heavy atom. The largest absolute Gasteiger partial charge is 0.455 e. The van der Waals surface area contributed by atoms with Crippen molar-refractivity contribution in [3.8, 4) is 0 Å². The number of aromatic nitrogens is 1. The van der Waals surface area contributed by atoms with Gasteiger partial charge in [0.1, 0.15) is 5.76 Å². The van der Waals surface area contributed by atoms with Crippen LogP contribution in [-0.4, -0.2) is 34.9 Å². The molecule has 7 heteroatoms. The third kappa shape index (κ3) is 6.66. The van der Waals surface area contributed by atoms with Crippen LogP contribution in [0.2, 0.25) is 0 Å². The average Bonchev–Trinajstić information content (AvgIpc) is 2.66. The highest BCUT2D eigenvalue weighted by molar-refractivity contribution is 7.99. The van der Waals surface area contributed by atoms with Crippen molar-refractivity contribution in [3.05, 3.63) is 17.0 Å². The van der Waals surface area contributed by atoms with Gasteiger partial charge >= 0.3 is 5.97 Å². The second-order valence-corrected chi connectivity index (χ2v) is 6.74. The number of nitrogens with zero attached hydrogens (tertiary/aromatic N) is 1. The van der Waals surface area contributed by atoms with Gasteiger partial charge in [-0.2, -0.15) is 0 Å². The van der Waals surface area contributed by atoms with Gasteiger partial charge in [-0.1, -0.05) is 5.16 Å². The molecular weight excluding hydrogens is 292 g/mol. The van der Waals surface area contributed by atoms with Crippen LogP contribution in [0, 0.1) is 13.8 Å². The SMILES string of the molecule is Cc1noc(C)c1CSCC(=O)OCC(=O)NC(C)(C)C. The van der Waals surface area contributed by atoms with E-state index in [2.05, 4.69) is 10.5 Å². The van der Waals surface area contributed by atoms with E-state index < -0.39 is 5.97 Å². The summed E-state index contributed by atoms with van der Waals surface area (Å²) in [6, 6.07) is 0. The van der Waals surface area contributed by atoms with Gasteiger partial charge in [-0.25, -0.2) is 0 Å². The molecule has 118 valence electrons. The summed E-state index contributed by atoms with van der Waals surface area (Å²) in [7, 11) is 0. The molecule has 0 unspecified atom stereocenters. The Balaban J connectivity index is 2.24. The Kier molecular flexibility index (Phi) is 6.26. The van der Waals surface area contributed by atoms with E-state index in [4.69, 9.17) is 9.26 Å². The molecule has 0 saturated carbocycles. The van der Waals surface area contributed by atoms with E-state index in [0.717, 1.165) is 17.0 Å². The lowest BCUT2D eigenvalue weighted by atomic mass is 10.1. The first-order valence-corrected chi connectivity index (χ1v) is 7.80. The molecule has 0 aliphatic heterocycles. The summed E-state index contributed by atoms with van der Waals surface area (Å²) in [6.07, 6.45) is 0. The molecule has 0 radical (unpaired) electrons. The van der Waals surface area contributed by atoms with Gasteiger partial charge < -0.3 is 14.6 Å². The summed E-state index contributed by atoms with van der Waals surface area (Å²) in [5, 5.41) is 6.57. The van der Waals surface area contributed by atoms with E-state index in [1.807, 2.05) is 34.6 Å². The Morgan fingerprint density at radius 1 is 1.33 bits per heavy atom. The molecule has 0 spiro atoms. The molecule has 0 atom stereocenters. The number of carbonyl (C=O) groups excluding carboxylic acids is 2. The van der Waals surface area contributed by atoms with Crippen LogP contribution in [0.5, 0.6) is 0 Å². The van der Waals surface area contributed by atoms with Crippen LogP contribution in [0.25, 0.3) is 0 Å². The zero-order valence-corrected chi connectivity index (χ0v) is 13.9. The van der Waals surface area contributed by atoms with Gasteiger partial charge in [0.2, 0.25) is 0 Å². The fourth-order valence-electron chi connectivity index (χ4n) is 1.59. The summed E-state index contributed by atoms with van der Waals surface area (Å²) in [6.45, 7) is 9.05. The van der Waals surface area contributed by atoms with Crippen molar-refractivity contribution in [2.75, 3.05) is 12.4 Å². The zero-order valence-electron chi connectivity index (χ0n) is 13.1. The van der Waals surface area contributed by atoms with Crippen molar-refractivity contribution in [2.45, 2.75) is 45.9 Å². The lowest BCUT2D eigenvalue weighted by Gasteiger charge is -2.20. The second kappa shape index (κ2) is 7.49. The van der Waals surface area contributed by atoms with Gasteiger partial charge in [0.25, 0.3) is 5.91 Å². The number of rotatable bonds is 6. The van der Waals surface area contributed by atoms with Crippen molar-refractivity contribution in [1.82, 2.24) is 10.5 Å². The summed E-state index contributed by atoms with van der Waals surface area (Å²) in [5.74, 6) is 0.873. The molecule has 0 aliphatic carbocycles. The van der Waals surface area contributed by atoms with Crippen molar-refractivity contribution in [2.24, 2.45) is 0 Å². The number of carbonyl (C=O) groups is 2. The molecule has 1 rings (SSSR count). The standard InChI is InChI=1S/C14H22N2O4S/c1-9-11(10(2)20-16-9)7-21-8-13(18)19-6-12(17)15-14(3,4)5/h6-8H2,1-5H3,(H,15,17). The first-order chi connectivity index (χ1) is 9.69. The number of esters is 1. The van der Waals surface area contributed by atoms with Crippen LogP contribution in [0.1, 0.15) is 37.8 Å². The lowest BCUT2D eigenvalue weighted by molar-refractivity contribution is -0.146. The number of amides is 1. The molecule has 0 fully saturated rings. The van der Waals surface area contributed by atoms with Crippen LogP contribution >= 0.6 is 11.8 Å². The lowest BCUT2D eigenvalue weighted by Crippen LogP contribution is -2.42. The van der Waals surface area contributed by atoms with Gasteiger partial charge in [-0.15, -0.1) is 11.8 Å². The molecule has 1 N–H and O–H groups in total. The first kappa shape index (κ1) is 17.6. The summed E-state index contributed by atoms with van der Waals surface area (Å²) in [4.78, 5) is 23.0. The van der Waals surface area contributed by atoms with Crippen LogP contribution in [0.3, 0.4) is 0 Å². The smallest absolute Gasteiger partial charge is 0.316 e. The zero-order chi connectivity index (χ0) is 16.0. The molecule has 0 bridgehead atoms. The molecule has 1 heterocycles. The maximum atomic E-state index is 11.5. The fraction of sp³-hybridized carbons (Fsp3) is 0.643. The summed E-state index contributed by atoms with van der Waals surface area (Å²) in [5.41, 5.74) is 1.50. The van der Waals surface area contributed by atoms with Crippen LogP contribution in [-0.2, 0) is 20.1 Å². The highest BCUT2D eigenvalue weighted by Gasteiger charge is 2.15. The van der Waals surface area contributed by atoms with Crippen LogP contribution < -0.4 is 5.32 Å². The molecule has 6 nitrogen and oxygen atoms in total. The predicted molar refractivity (Wildman–Crippen MR) is 81.0 cm³/mol. The van der Waals surface area contributed by atoms with E-state index in [0.29, 0.717) is 5.75 Å². The minimum absolute atomic E-state index is 0.187. The van der Waals surface area contributed by atoms with E-state index >= 15 is 0 Å². The second-order valence-electron chi connectivity index (χ2n) is 5.75. The van der Waals surface area contributed by atoms with E-state index in [9.17, 15) is 9.59 Å². The molecule has 0 aromatic carbocycles. The Labute approximate surface area is 129 Å². The number of ether oxygens (including phenoxy) is 1. The molecule has 21 heavy (non-hydrogen) atoms. The first-order valence-electron chi connectivity index (χ1n) is 6.65. The topological polar surface area (TPSA) is 81.4 Å². The normalized spacial score (nSPS) is 11.3. The number of nitrogens with one attached hydrogen (secondary N) is 1. The Hall–Kier alpha value is -1.50. The Bertz CT molecular complexity index is 486. The van der Waals surface area contributed by atoms with Crippen molar-refractivity contribution >= 4 is 23.6 Å². The molecule has 1 amide bonds. The Morgan fingerprint density at radius 3 is 2.52 bits per heavy atom. The minimum atomic E-state index is -0.407. The predicted octanol–water partition coefficient (Wildman–Crippen LogP) is 1.98. The van der Waals surface area contributed by atoms with Crippen LogP contribution in [0.4, 0.5) is 0 Å². The van der Waals surface area contributed by atoms with Crippen LogP contribution in [0.15, 0.2) is 4.52 Å². The molecule has 1 aromatic rings. The van der Waals surface area contributed by atoms with Crippen molar-refractivity contribution in [3.63, 3.8) is 0 Å². The van der Waals surface area contributed by atoms with Crippen molar-refractivity contribution in [1.29, 1.82) is 0 Å². The van der Waals surface area contributed by atoms with Gasteiger partial charge in [0.05, 0.1) is 11.4 Å². The molecule has 0 aliphatic rings. The fourth-order valence-corrected chi connectivity index (χ4v) is 2.55. The van der Waals surface area contributed by atoms with E-state index in [-0.39, 0.29) is 23.8 Å². The van der Waals surface area contributed by atoms with Gasteiger partial charge in [0, 0.05) is 16.9 Å². The maximum Gasteiger partial charge on any atom is 0.316 e. The molecule has 0 saturated heterocycles. The number of hydrogen-bond donors (Lipinski definition) is 1. The third-order valence-corrected chi connectivity index (χ3v) is 3.46. The summed E-state index contributed by atoms with van der Waals surface area (Å²) < 4.78 is 9.96. The third-order valence-electron chi connectivity index (χ3n) is 2.53. The van der Waals surface area contributed by atoms with E-state index in [1.165, 1.54) is 11.8 Å². The average molecular weight is 314 g/mol. The monoisotopic (exact) mass is 314 g/mol. The molecule has 1 aromatic heterocycles. The van der Waals surface area contributed by atoms with E-state index in [1.54, 1.807) is 0 Å². The highest BCUT2D eigenvalue weighted by atomic mass is 32.2. The van der Waals surface area contributed by atoms with Gasteiger partial charge in [-0.05, 0) is 34.6 Å². The highest BCUT2D eigenvalue weighted by Crippen LogP contribution is 2.19. The minimum Gasteiger partial charge on any atom is -0.455 e. The number of thioether (sulfide) groups is 1. The van der Waals surface area contributed by atoms with Gasteiger partial charge in [0.15, 0.2) is 6.61 Å². The summed E-state index contributed by atoms with van der Waals surface area (Å²) >= 11 is 1.41. The molecular formula is C14H22N2O4S. The van der Waals surface area contributed by atoms with Gasteiger partial charge in [-0.3, -0.25) is 9.59 Å². The number of hydrogen-bond acceptors (Lipinski definition) is 6. The number of aryl methyl sites for hydroxylation is 2. The maximum absolute atomic E-state index is 11.5.